The summed E-state index contributed by atoms with van der Waals surface area (Å²) in [7, 11) is 1.64. The zero-order chi connectivity index (χ0) is 13.3. The van der Waals surface area contributed by atoms with Crippen LogP contribution in [0, 0.1) is 0 Å². The molecule has 0 saturated heterocycles. The molecular formula is C11H23N3O2S. The van der Waals surface area contributed by atoms with Gasteiger partial charge in [-0.05, 0) is 19.9 Å². The van der Waals surface area contributed by atoms with Crippen LogP contribution >= 0.6 is 12.2 Å². The Morgan fingerprint density at radius 1 is 1.59 bits per heavy atom. The Hall–Kier alpha value is -0.720. The third kappa shape index (κ3) is 7.25. The molecule has 0 aliphatic rings. The van der Waals surface area contributed by atoms with E-state index in [9.17, 15) is 4.79 Å². The molecule has 0 aliphatic carbocycles. The van der Waals surface area contributed by atoms with E-state index in [4.69, 9.17) is 22.7 Å². The highest BCUT2D eigenvalue weighted by Gasteiger charge is 2.19. The van der Waals surface area contributed by atoms with E-state index in [1.54, 1.807) is 7.11 Å². The summed E-state index contributed by atoms with van der Waals surface area (Å²) in [6.45, 7) is 6.32. The van der Waals surface area contributed by atoms with Gasteiger partial charge < -0.3 is 15.8 Å². The third-order valence-corrected chi connectivity index (χ3v) is 2.65. The Kier molecular flexibility index (Phi) is 8.93. The summed E-state index contributed by atoms with van der Waals surface area (Å²) in [6, 6.07) is -0.218. The summed E-state index contributed by atoms with van der Waals surface area (Å²) in [6.07, 6.45) is 0.816. The lowest BCUT2D eigenvalue weighted by Crippen LogP contribution is -2.48. The molecule has 6 heteroatoms. The van der Waals surface area contributed by atoms with E-state index >= 15 is 0 Å². The number of likely N-dealkylation sites (N-methyl/N-ethyl adjacent to an activating group) is 1. The van der Waals surface area contributed by atoms with Crippen LogP contribution in [0.15, 0.2) is 0 Å². The number of hydrogen-bond donors (Lipinski definition) is 2. The summed E-state index contributed by atoms with van der Waals surface area (Å²) in [5, 5.41) is 2.86. The van der Waals surface area contributed by atoms with E-state index in [0.717, 1.165) is 13.0 Å². The largest absolute Gasteiger partial charge is 0.392 e. The molecule has 1 amide bonds. The lowest BCUT2D eigenvalue weighted by molar-refractivity contribution is -0.125. The fourth-order valence-electron chi connectivity index (χ4n) is 1.46. The van der Waals surface area contributed by atoms with Crippen molar-refractivity contribution in [3.63, 3.8) is 0 Å². The van der Waals surface area contributed by atoms with Gasteiger partial charge in [0.05, 0.1) is 11.0 Å². The summed E-state index contributed by atoms with van der Waals surface area (Å²) in [5.41, 5.74) is 5.49. The molecule has 0 aromatic carbocycles. The molecule has 1 atom stereocenters. The molecule has 17 heavy (non-hydrogen) atoms. The molecule has 0 heterocycles. The fourth-order valence-corrected chi connectivity index (χ4v) is 1.63. The molecule has 5 nitrogen and oxygen atoms in total. The van der Waals surface area contributed by atoms with Crippen molar-refractivity contribution < 1.29 is 9.53 Å². The van der Waals surface area contributed by atoms with Gasteiger partial charge in [-0.25, -0.2) is 0 Å². The Morgan fingerprint density at radius 3 is 2.71 bits per heavy atom. The van der Waals surface area contributed by atoms with Crippen molar-refractivity contribution in [2.45, 2.75) is 26.3 Å². The van der Waals surface area contributed by atoms with E-state index in [-0.39, 0.29) is 11.9 Å². The first-order valence-corrected chi connectivity index (χ1v) is 6.22. The fraction of sp³-hybridized carbons (Fsp3) is 0.818. The number of nitrogens with zero attached hydrogens (tertiary/aromatic N) is 1. The maximum atomic E-state index is 11.8. The topological polar surface area (TPSA) is 67.6 Å². The minimum absolute atomic E-state index is 0.000738. The summed E-state index contributed by atoms with van der Waals surface area (Å²) < 4.78 is 4.91. The number of methoxy groups -OCH3 is 1. The van der Waals surface area contributed by atoms with Gasteiger partial charge >= 0.3 is 0 Å². The first-order chi connectivity index (χ1) is 8.02. The Balaban J connectivity index is 4.03. The maximum Gasteiger partial charge on any atom is 0.237 e. The van der Waals surface area contributed by atoms with Crippen LogP contribution < -0.4 is 11.1 Å². The van der Waals surface area contributed by atoms with Gasteiger partial charge in [-0.1, -0.05) is 19.1 Å². The first-order valence-electron chi connectivity index (χ1n) is 5.81. The van der Waals surface area contributed by atoms with Crippen LogP contribution in [0.1, 0.15) is 20.3 Å². The Morgan fingerprint density at radius 2 is 2.24 bits per heavy atom. The molecule has 0 aromatic heterocycles. The molecule has 0 radical (unpaired) electrons. The molecular weight excluding hydrogens is 238 g/mol. The monoisotopic (exact) mass is 261 g/mol. The molecule has 3 N–H and O–H groups in total. The van der Waals surface area contributed by atoms with E-state index in [0.29, 0.717) is 24.7 Å². The number of thiocarbonyl (C=S) groups is 1. The summed E-state index contributed by atoms with van der Waals surface area (Å²) in [4.78, 5) is 14.2. The summed E-state index contributed by atoms with van der Waals surface area (Å²) in [5.74, 6) is -0.000738. The second-order valence-corrected chi connectivity index (χ2v) is 4.37. The molecule has 0 aliphatic heterocycles. The SMILES string of the molecule is CCN(CC(N)=S)C(C)C(=O)NCCCOC. The van der Waals surface area contributed by atoms with Crippen molar-refractivity contribution in [1.82, 2.24) is 10.2 Å². The van der Waals surface area contributed by atoms with Gasteiger partial charge in [0.1, 0.15) is 0 Å². The van der Waals surface area contributed by atoms with Crippen LogP contribution in [0.25, 0.3) is 0 Å². The number of carbonyl (C=O) groups excluding carboxylic acids is 1. The molecule has 0 spiro atoms. The standard InChI is InChI=1S/C11H23N3O2S/c1-4-14(8-10(12)17)9(2)11(15)13-6-5-7-16-3/h9H,4-8H2,1-3H3,(H2,12,17)(H,13,15). The van der Waals surface area contributed by atoms with Gasteiger partial charge in [0.15, 0.2) is 0 Å². The van der Waals surface area contributed by atoms with Crippen LogP contribution in [0.2, 0.25) is 0 Å². The van der Waals surface area contributed by atoms with Crippen molar-refractivity contribution in [1.29, 1.82) is 0 Å². The lowest BCUT2D eigenvalue weighted by Gasteiger charge is -2.26. The molecule has 1 unspecified atom stereocenters. The average molecular weight is 261 g/mol. The second kappa shape index (κ2) is 9.32. The predicted octanol–water partition coefficient (Wildman–Crippen LogP) is 0.136. The lowest BCUT2D eigenvalue weighted by atomic mass is 10.2. The van der Waals surface area contributed by atoms with Crippen molar-refractivity contribution in [3.8, 4) is 0 Å². The van der Waals surface area contributed by atoms with E-state index < -0.39 is 0 Å². The van der Waals surface area contributed by atoms with Gasteiger partial charge in [0.25, 0.3) is 0 Å². The number of carbonyl (C=O) groups is 1. The molecule has 0 saturated carbocycles. The molecule has 0 fully saturated rings. The number of nitrogens with one attached hydrogen (secondary N) is 1. The van der Waals surface area contributed by atoms with Crippen LogP contribution in [0.3, 0.4) is 0 Å². The third-order valence-electron chi connectivity index (χ3n) is 2.52. The number of hydrogen-bond acceptors (Lipinski definition) is 4. The number of nitrogens with two attached hydrogens (primary N) is 1. The van der Waals surface area contributed by atoms with Crippen LogP contribution in [-0.4, -0.2) is 55.2 Å². The molecule has 0 rings (SSSR count). The van der Waals surface area contributed by atoms with Gasteiger partial charge in [-0.3, -0.25) is 9.69 Å². The zero-order valence-corrected chi connectivity index (χ0v) is 11.7. The maximum absolute atomic E-state index is 11.8. The summed E-state index contributed by atoms with van der Waals surface area (Å²) >= 11 is 4.85. The van der Waals surface area contributed by atoms with E-state index in [1.165, 1.54) is 0 Å². The Labute approximate surface area is 109 Å². The average Bonchev–Trinajstić information content (AvgIpc) is 2.30. The van der Waals surface area contributed by atoms with Crippen LogP contribution in [0.4, 0.5) is 0 Å². The predicted molar refractivity (Wildman–Crippen MR) is 73.0 cm³/mol. The Bertz CT molecular complexity index is 249. The van der Waals surface area contributed by atoms with Crippen LogP contribution in [0.5, 0.6) is 0 Å². The van der Waals surface area contributed by atoms with Crippen molar-refractivity contribution in [2.75, 3.05) is 33.4 Å². The second-order valence-electron chi connectivity index (χ2n) is 3.84. The molecule has 0 bridgehead atoms. The highest BCUT2D eigenvalue weighted by atomic mass is 32.1. The minimum atomic E-state index is -0.218. The van der Waals surface area contributed by atoms with Crippen molar-refractivity contribution in [3.05, 3.63) is 0 Å². The zero-order valence-electron chi connectivity index (χ0n) is 10.9. The van der Waals surface area contributed by atoms with Gasteiger partial charge in [0.2, 0.25) is 5.91 Å². The molecule has 100 valence electrons. The number of ether oxygens (including phenoxy) is 1. The smallest absolute Gasteiger partial charge is 0.237 e. The first kappa shape index (κ1) is 16.3. The highest BCUT2D eigenvalue weighted by Crippen LogP contribution is 1.98. The van der Waals surface area contributed by atoms with Crippen molar-refractivity contribution in [2.24, 2.45) is 5.73 Å². The van der Waals surface area contributed by atoms with Gasteiger partial charge in [-0.15, -0.1) is 0 Å². The van der Waals surface area contributed by atoms with Gasteiger partial charge in [0, 0.05) is 26.8 Å². The number of amides is 1. The normalized spacial score (nSPS) is 12.5. The van der Waals surface area contributed by atoms with Gasteiger partial charge in [-0.2, -0.15) is 0 Å². The highest BCUT2D eigenvalue weighted by molar-refractivity contribution is 7.80. The van der Waals surface area contributed by atoms with E-state index in [2.05, 4.69) is 5.32 Å². The van der Waals surface area contributed by atoms with Crippen molar-refractivity contribution >= 4 is 23.1 Å². The van der Waals surface area contributed by atoms with Crippen LogP contribution in [-0.2, 0) is 9.53 Å². The van der Waals surface area contributed by atoms with E-state index in [1.807, 2.05) is 18.7 Å². The molecule has 0 aromatic rings. The minimum Gasteiger partial charge on any atom is -0.392 e. The number of rotatable bonds is 9. The quantitative estimate of drug-likeness (QED) is 0.456.